The van der Waals surface area contributed by atoms with E-state index < -0.39 is 114 Å². The van der Waals surface area contributed by atoms with Crippen molar-refractivity contribution >= 4 is 88.5 Å². The highest BCUT2D eigenvalue weighted by molar-refractivity contribution is 7.80. The van der Waals surface area contributed by atoms with Gasteiger partial charge in [0.05, 0.1) is 42.7 Å². The number of hydrogen-bond donors (Lipinski definition) is 11. The van der Waals surface area contributed by atoms with Gasteiger partial charge in [-0.2, -0.15) is 17.6 Å². The molecule has 2 amide bonds. The molecule has 1 aromatic carbocycles. The fourth-order valence-corrected chi connectivity index (χ4v) is 6.00. The number of aromatic nitrogens is 4. The first-order valence-electron chi connectivity index (χ1n) is 18.6. The molecule has 0 aliphatic heterocycles. The largest absolute Gasteiger partial charge is 0.481 e. The van der Waals surface area contributed by atoms with Crippen LogP contribution in [0.5, 0.6) is 0 Å². The minimum Gasteiger partial charge on any atom is -0.481 e. The summed E-state index contributed by atoms with van der Waals surface area (Å²) in [7, 11) is 0. The molecule has 0 radical (unpaired) electrons. The minimum absolute atomic E-state index is 0. The lowest BCUT2D eigenvalue weighted by atomic mass is 9.92. The fraction of sp³-hybridized carbons (Fsp3) is 0.432. The summed E-state index contributed by atoms with van der Waals surface area (Å²) < 4.78 is 0. The number of nitrogens with two attached hydrogens (primary N) is 2. The number of benzene rings is 1. The SMILES string of the molecule is Nc1nc2ncc(CNc3ccc(C(=O)C[C@@H](CCC(=O)N[C@H](CCC(=O)CC[C@H](N)C(=O)C[C@@H](CC(=O)O)C(=O)N[C@@H](CS)C(=O)O)C(=O)O)C(=O)O)cc3)nc2c(=O)[nH]1.[2HH]. The first kappa shape index (κ1) is 48.5. The summed E-state index contributed by atoms with van der Waals surface area (Å²) >= 11 is 3.81. The number of thiol groups is 1. The van der Waals surface area contributed by atoms with Crippen molar-refractivity contribution in [3.8, 4) is 0 Å². The number of fused-ring (bicyclic) bond motifs is 1. The third-order valence-corrected chi connectivity index (χ3v) is 9.56. The predicted molar refractivity (Wildman–Crippen MR) is 217 cm³/mol. The van der Waals surface area contributed by atoms with Crippen LogP contribution < -0.4 is 33.0 Å². The number of aromatic amines is 1. The van der Waals surface area contributed by atoms with Crippen molar-refractivity contribution in [1.82, 2.24) is 30.6 Å². The predicted octanol–water partition coefficient (Wildman–Crippen LogP) is -0.217. The molecular weight excluding hydrogens is 827 g/mol. The van der Waals surface area contributed by atoms with E-state index in [1.807, 2.05) is 0 Å². The number of hydrogen-bond acceptors (Lipinski definition) is 17. The van der Waals surface area contributed by atoms with Crippen LogP contribution in [0.2, 0.25) is 0 Å². The number of carbonyl (C=O) groups is 9. The molecule has 2 heterocycles. The number of Topliss-reactive ketones (excluding diaryl/α,β-unsaturated/α-hetero) is 3. The van der Waals surface area contributed by atoms with Crippen LogP contribution in [0.3, 0.4) is 0 Å². The Kier molecular flexibility index (Phi) is 18.4. The van der Waals surface area contributed by atoms with E-state index >= 15 is 0 Å². The summed E-state index contributed by atoms with van der Waals surface area (Å²) in [6.45, 7) is 0.153. The van der Waals surface area contributed by atoms with Crippen molar-refractivity contribution in [2.75, 3.05) is 16.8 Å². The van der Waals surface area contributed by atoms with Gasteiger partial charge in [0.15, 0.2) is 16.9 Å². The number of nitrogen functional groups attached to an aromatic ring is 1. The first-order chi connectivity index (χ1) is 28.8. The molecule has 0 aliphatic rings. The number of anilines is 2. The van der Waals surface area contributed by atoms with Gasteiger partial charge in [-0.3, -0.25) is 43.3 Å². The van der Waals surface area contributed by atoms with E-state index in [0.29, 0.717) is 11.4 Å². The molecule has 0 saturated carbocycles. The first-order valence-corrected chi connectivity index (χ1v) is 19.2. The molecule has 24 heteroatoms. The fourth-order valence-electron chi connectivity index (χ4n) is 5.75. The highest BCUT2D eigenvalue weighted by Crippen LogP contribution is 2.19. The Hall–Kier alpha value is -6.82. The van der Waals surface area contributed by atoms with Gasteiger partial charge in [0, 0.05) is 50.5 Å². The van der Waals surface area contributed by atoms with E-state index in [-0.39, 0.29) is 68.5 Å². The van der Waals surface area contributed by atoms with Crippen LogP contribution in [0.1, 0.15) is 75.3 Å². The van der Waals surface area contributed by atoms with Gasteiger partial charge < -0.3 is 47.8 Å². The van der Waals surface area contributed by atoms with E-state index in [1.165, 1.54) is 18.3 Å². The average molecular weight is 875 g/mol. The number of carboxylic acid groups (broad SMARTS) is 4. The molecule has 12 N–H and O–H groups in total. The molecule has 5 atom stereocenters. The van der Waals surface area contributed by atoms with Crippen LogP contribution in [0.15, 0.2) is 35.3 Å². The molecule has 330 valence electrons. The zero-order valence-electron chi connectivity index (χ0n) is 32.4. The van der Waals surface area contributed by atoms with Gasteiger partial charge in [0.25, 0.3) is 5.56 Å². The summed E-state index contributed by atoms with van der Waals surface area (Å²) in [6, 6.07) is 1.78. The Bertz CT molecular complexity index is 2210. The molecule has 23 nitrogen and oxygen atoms in total. The van der Waals surface area contributed by atoms with Gasteiger partial charge in [-0.25, -0.2) is 19.6 Å². The minimum atomic E-state index is -1.54. The highest BCUT2D eigenvalue weighted by atomic mass is 32.1. The maximum Gasteiger partial charge on any atom is 0.327 e. The second kappa shape index (κ2) is 23.1. The van der Waals surface area contributed by atoms with Crippen LogP contribution in [0.4, 0.5) is 11.6 Å². The van der Waals surface area contributed by atoms with Crippen molar-refractivity contribution in [2.24, 2.45) is 17.6 Å². The number of aliphatic carboxylic acids is 4. The summed E-state index contributed by atoms with van der Waals surface area (Å²) in [5.74, 6) is -12.5. The van der Waals surface area contributed by atoms with Crippen LogP contribution >= 0.6 is 12.6 Å². The van der Waals surface area contributed by atoms with Crippen molar-refractivity contribution in [3.05, 3.63) is 52.1 Å². The number of nitrogens with one attached hydrogen (secondary N) is 4. The summed E-state index contributed by atoms with van der Waals surface area (Å²) in [5, 5.41) is 45.0. The number of H-pyrrole nitrogens is 1. The smallest absolute Gasteiger partial charge is 0.327 e. The topological polar surface area (TPSA) is 394 Å². The van der Waals surface area contributed by atoms with Gasteiger partial charge in [-0.15, -0.1) is 0 Å². The van der Waals surface area contributed by atoms with Crippen molar-refractivity contribution in [3.63, 3.8) is 0 Å². The molecule has 0 saturated heterocycles. The Morgan fingerprint density at radius 1 is 0.787 bits per heavy atom. The lowest BCUT2D eigenvalue weighted by molar-refractivity contribution is -0.144. The third kappa shape index (κ3) is 15.7. The molecule has 0 bridgehead atoms. The summed E-state index contributed by atoms with van der Waals surface area (Å²) in [6.07, 6.45) is -2.57. The maximum absolute atomic E-state index is 13.0. The molecule has 61 heavy (non-hydrogen) atoms. The number of amides is 2. The van der Waals surface area contributed by atoms with Gasteiger partial charge in [0.2, 0.25) is 17.8 Å². The molecule has 3 rings (SSSR count). The monoisotopic (exact) mass is 874 g/mol. The molecular formula is C37H47N9O14S. The molecule has 0 aliphatic carbocycles. The molecule has 0 fully saturated rings. The van der Waals surface area contributed by atoms with Gasteiger partial charge >= 0.3 is 23.9 Å². The molecule has 0 spiro atoms. The molecule has 3 aromatic rings. The summed E-state index contributed by atoms with van der Waals surface area (Å²) in [4.78, 5) is 136. The number of carbonyl (C=O) groups excluding carboxylic acids is 5. The highest BCUT2D eigenvalue weighted by Gasteiger charge is 2.31. The quantitative estimate of drug-likeness (QED) is 0.0348. The lowest BCUT2D eigenvalue weighted by Crippen LogP contribution is -2.46. The van der Waals surface area contributed by atoms with E-state index in [2.05, 4.69) is 48.5 Å². The third-order valence-electron chi connectivity index (χ3n) is 9.20. The Morgan fingerprint density at radius 3 is 2.05 bits per heavy atom. The van der Waals surface area contributed by atoms with Gasteiger partial charge in [-0.05, 0) is 43.5 Å². The maximum atomic E-state index is 13.0. The van der Waals surface area contributed by atoms with Crippen LogP contribution in [-0.2, 0) is 44.9 Å². The molecule has 0 unspecified atom stereocenters. The number of carboxylic acids is 4. The Morgan fingerprint density at radius 2 is 1.44 bits per heavy atom. The van der Waals surface area contributed by atoms with E-state index in [1.54, 1.807) is 12.1 Å². The lowest BCUT2D eigenvalue weighted by Gasteiger charge is -2.19. The second-order valence-electron chi connectivity index (χ2n) is 13.8. The summed E-state index contributed by atoms with van der Waals surface area (Å²) in [5.41, 5.74) is 12.1. The van der Waals surface area contributed by atoms with Crippen molar-refractivity contribution in [1.29, 1.82) is 0 Å². The number of ketones is 3. The van der Waals surface area contributed by atoms with E-state index in [0.717, 1.165) is 0 Å². The van der Waals surface area contributed by atoms with E-state index in [4.69, 9.17) is 21.7 Å². The Labute approximate surface area is 352 Å². The standard InChI is InChI=1S/C37H45N9O14S.H2/c38-23(27(49)12-19(13-29(51)52)32(53)44-25(16-61)36(59)60)8-6-22(47)7-9-24(35(57)58)43-28(50)10-3-18(34(55)56)11-26(48)17-1-4-20(5-2-17)40-14-21-15-41-31-30(42-21)33(54)46-37(39)45-31;/h1-2,4-5,15,18-19,23-25,40,61H,3,6-14,16,38H2,(H,43,50)(H,44,53)(H,51,52)(H,55,56)(H,57,58)(H,59,60)(H3,39,41,45,46,54);1H/t18-,19+,23+,24-,25+;/m1./s1/i;1+1. The zero-order chi connectivity index (χ0) is 45.4. The van der Waals surface area contributed by atoms with Gasteiger partial charge in [0.1, 0.15) is 23.7 Å². The molecule has 2 aromatic heterocycles. The van der Waals surface area contributed by atoms with Gasteiger partial charge in [-0.1, -0.05) is 0 Å². The van der Waals surface area contributed by atoms with Crippen LogP contribution in [-0.4, -0.2) is 117 Å². The van der Waals surface area contributed by atoms with Crippen LogP contribution in [0, 0.1) is 11.8 Å². The van der Waals surface area contributed by atoms with Crippen molar-refractivity contribution < 1.29 is 65.0 Å². The number of nitrogens with zero attached hydrogens (tertiary/aromatic N) is 3. The van der Waals surface area contributed by atoms with E-state index in [9.17, 15) is 58.2 Å². The average Bonchev–Trinajstić information content (AvgIpc) is 3.20. The Balaban J connectivity index is 0.0000132. The zero-order valence-corrected chi connectivity index (χ0v) is 33.3. The normalized spacial score (nSPS) is 13.5. The van der Waals surface area contributed by atoms with Crippen LogP contribution in [0.25, 0.3) is 11.2 Å². The number of rotatable bonds is 27. The second-order valence-corrected chi connectivity index (χ2v) is 14.2. The van der Waals surface area contributed by atoms with Crippen molar-refractivity contribution in [2.45, 2.75) is 82.5 Å².